The van der Waals surface area contributed by atoms with Crippen LogP contribution in [0.5, 0.6) is 0 Å². The van der Waals surface area contributed by atoms with Gasteiger partial charge in [0, 0.05) is 38.5 Å². The Morgan fingerprint density at radius 2 is 1.61 bits per heavy atom. The fourth-order valence-corrected chi connectivity index (χ4v) is 3.98. The number of carboxylic acid groups (broad SMARTS) is 1. The number of carboxylic acids is 1. The lowest BCUT2D eigenvalue weighted by Gasteiger charge is -2.18. The maximum Gasteiger partial charge on any atom is 0.407 e. The van der Waals surface area contributed by atoms with Crippen LogP contribution < -0.4 is 10.6 Å². The van der Waals surface area contributed by atoms with Crippen LogP contribution in [0.1, 0.15) is 36.8 Å². The Morgan fingerprint density at radius 3 is 2.18 bits per heavy atom. The average molecular weight is 455 g/mol. The Labute approximate surface area is 193 Å². The summed E-state index contributed by atoms with van der Waals surface area (Å²) in [5, 5.41) is 14.4. The largest absolute Gasteiger partial charge is 0.480 e. The third kappa shape index (κ3) is 6.10. The van der Waals surface area contributed by atoms with E-state index >= 15 is 0 Å². The number of benzene rings is 2. The molecule has 3 rings (SSSR count). The minimum absolute atomic E-state index is 0.0205. The van der Waals surface area contributed by atoms with Crippen molar-refractivity contribution in [2.75, 3.05) is 26.9 Å². The molecule has 8 heteroatoms. The zero-order chi connectivity index (χ0) is 23.8. The van der Waals surface area contributed by atoms with Crippen molar-refractivity contribution in [1.29, 1.82) is 0 Å². The van der Waals surface area contributed by atoms with Crippen LogP contribution in [0.15, 0.2) is 48.5 Å². The predicted molar refractivity (Wildman–Crippen MR) is 123 cm³/mol. The van der Waals surface area contributed by atoms with E-state index < -0.39 is 24.0 Å². The molecular formula is C25H30N2O6. The lowest BCUT2D eigenvalue weighted by Crippen LogP contribution is -2.44. The smallest absolute Gasteiger partial charge is 0.407 e. The number of fused-ring (bicyclic) bond motifs is 3. The first kappa shape index (κ1) is 24.3. The van der Waals surface area contributed by atoms with Crippen molar-refractivity contribution in [2.45, 2.75) is 31.7 Å². The van der Waals surface area contributed by atoms with Gasteiger partial charge in [-0.15, -0.1) is 0 Å². The van der Waals surface area contributed by atoms with Crippen molar-refractivity contribution in [2.24, 2.45) is 5.92 Å². The molecule has 2 aromatic rings. The van der Waals surface area contributed by atoms with Gasteiger partial charge in [0.15, 0.2) is 0 Å². The summed E-state index contributed by atoms with van der Waals surface area (Å²) in [6, 6.07) is 15.2. The van der Waals surface area contributed by atoms with Crippen molar-refractivity contribution in [3.8, 4) is 11.1 Å². The summed E-state index contributed by atoms with van der Waals surface area (Å²) < 4.78 is 10.4. The molecule has 2 amide bonds. The Bertz CT molecular complexity index is 947. The number of nitrogens with one attached hydrogen (secondary N) is 2. The SMILES string of the molecule is COCCC(NC(=O)C(C)CCNC(=O)OCC1c2ccccc2-c2ccccc21)C(=O)O. The van der Waals surface area contributed by atoms with Gasteiger partial charge >= 0.3 is 12.1 Å². The second-order valence-electron chi connectivity index (χ2n) is 8.12. The summed E-state index contributed by atoms with van der Waals surface area (Å²) >= 11 is 0. The number of hydrogen-bond donors (Lipinski definition) is 3. The highest BCUT2D eigenvalue weighted by Crippen LogP contribution is 2.44. The molecule has 0 aromatic heterocycles. The number of carbonyl (C=O) groups is 3. The van der Waals surface area contributed by atoms with Crippen LogP contribution in [0.2, 0.25) is 0 Å². The Balaban J connectivity index is 1.45. The monoisotopic (exact) mass is 454 g/mol. The van der Waals surface area contributed by atoms with Gasteiger partial charge in [-0.05, 0) is 28.7 Å². The van der Waals surface area contributed by atoms with E-state index in [1.807, 2.05) is 24.3 Å². The number of ether oxygens (including phenoxy) is 2. The van der Waals surface area contributed by atoms with Gasteiger partial charge in [0.05, 0.1) is 0 Å². The fraction of sp³-hybridized carbons (Fsp3) is 0.400. The van der Waals surface area contributed by atoms with Crippen LogP contribution in [0.3, 0.4) is 0 Å². The molecule has 2 aromatic carbocycles. The van der Waals surface area contributed by atoms with Crippen molar-refractivity contribution < 1.29 is 29.0 Å². The van der Waals surface area contributed by atoms with Gasteiger partial charge in [0.25, 0.3) is 0 Å². The quantitative estimate of drug-likeness (QED) is 0.481. The summed E-state index contributed by atoms with van der Waals surface area (Å²) in [5.74, 6) is -1.98. The Kier molecular flexibility index (Phi) is 8.43. The summed E-state index contributed by atoms with van der Waals surface area (Å²) in [4.78, 5) is 35.8. The topological polar surface area (TPSA) is 114 Å². The van der Waals surface area contributed by atoms with E-state index in [9.17, 15) is 19.5 Å². The number of carbonyl (C=O) groups excluding carboxylic acids is 2. The molecule has 2 atom stereocenters. The van der Waals surface area contributed by atoms with E-state index in [4.69, 9.17) is 9.47 Å². The predicted octanol–water partition coefficient (Wildman–Crippen LogP) is 3.16. The minimum Gasteiger partial charge on any atom is -0.480 e. The normalized spacial score (nSPS) is 14.0. The number of aliphatic carboxylic acids is 1. The van der Waals surface area contributed by atoms with Crippen LogP contribution in [-0.4, -0.2) is 56.0 Å². The number of hydrogen-bond acceptors (Lipinski definition) is 5. The van der Waals surface area contributed by atoms with Crippen molar-refractivity contribution in [1.82, 2.24) is 10.6 Å². The van der Waals surface area contributed by atoms with E-state index in [0.717, 1.165) is 22.3 Å². The number of alkyl carbamates (subject to hydrolysis) is 1. The van der Waals surface area contributed by atoms with Gasteiger partial charge in [0.1, 0.15) is 12.6 Å². The number of rotatable bonds is 11. The molecule has 0 heterocycles. The Morgan fingerprint density at radius 1 is 1.00 bits per heavy atom. The molecule has 1 aliphatic rings. The second kappa shape index (κ2) is 11.5. The lowest BCUT2D eigenvalue weighted by molar-refractivity contribution is -0.142. The first-order chi connectivity index (χ1) is 15.9. The standard InChI is InChI=1S/C25H30N2O6/c1-16(23(28)27-22(24(29)30)12-14-32-2)11-13-26-25(31)33-15-21-19-9-5-3-7-17(19)18-8-4-6-10-20(18)21/h3-10,16,21-22H,11-15H2,1-2H3,(H,26,31)(H,27,28)(H,29,30). The van der Waals surface area contributed by atoms with Gasteiger partial charge in [-0.3, -0.25) is 4.79 Å². The highest BCUT2D eigenvalue weighted by atomic mass is 16.5. The number of amides is 2. The maximum absolute atomic E-state index is 12.3. The third-order valence-corrected chi connectivity index (χ3v) is 5.86. The van der Waals surface area contributed by atoms with E-state index in [0.29, 0.717) is 6.42 Å². The third-order valence-electron chi connectivity index (χ3n) is 5.86. The summed E-state index contributed by atoms with van der Waals surface area (Å²) in [5.41, 5.74) is 4.59. The van der Waals surface area contributed by atoms with Gasteiger partial charge in [-0.25, -0.2) is 9.59 Å². The van der Waals surface area contributed by atoms with Crippen LogP contribution in [0.25, 0.3) is 11.1 Å². The molecular weight excluding hydrogens is 424 g/mol. The maximum atomic E-state index is 12.3. The van der Waals surface area contributed by atoms with E-state index in [2.05, 4.69) is 34.9 Å². The van der Waals surface area contributed by atoms with Crippen molar-refractivity contribution in [3.63, 3.8) is 0 Å². The van der Waals surface area contributed by atoms with Crippen LogP contribution in [-0.2, 0) is 19.1 Å². The van der Waals surface area contributed by atoms with Crippen LogP contribution >= 0.6 is 0 Å². The molecule has 0 spiro atoms. The molecule has 0 saturated heterocycles. The zero-order valence-corrected chi connectivity index (χ0v) is 18.9. The van der Waals surface area contributed by atoms with E-state index in [1.54, 1.807) is 6.92 Å². The molecule has 176 valence electrons. The minimum atomic E-state index is -1.11. The van der Waals surface area contributed by atoms with Crippen LogP contribution in [0.4, 0.5) is 4.79 Å². The molecule has 1 aliphatic carbocycles. The molecule has 8 nitrogen and oxygen atoms in total. The van der Waals surface area contributed by atoms with Gasteiger partial charge in [-0.1, -0.05) is 55.5 Å². The molecule has 0 aliphatic heterocycles. The van der Waals surface area contributed by atoms with E-state index in [-0.39, 0.29) is 38.0 Å². The lowest BCUT2D eigenvalue weighted by atomic mass is 9.98. The van der Waals surface area contributed by atoms with Gasteiger partial charge in [-0.2, -0.15) is 0 Å². The summed E-state index contributed by atoms with van der Waals surface area (Å²) in [6.45, 7) is 2.37. The second-order valence-corrected chi connectivity index (χ2v) is 8.12. The fourth-order valence-electron chi connectivity index (χ4n) is 3.98. The summed E-state index contributed by atoms with van der Waals surface area (Å²) in [7, 11) is 1.47. The molecule has 0 bridgehead atoms. The highest BCUT2D eigenvalue weighted by Gasteiger charge is 2.29. The molecule has 0 radical (unpaired) electrons. The average Bonchev–Trinajstić information content (AvgIpc) is 3.13. The van der Waals surface area contributed by atoms with Gasteiger partial charge < -0.3 is 25.2 Å². The van der Waals surface area contributed by atoms with Gasteiger partial charge in [0.2, 0.25) is 5.91 Å². The molecule has 3 N–H and O–H groups in total. The molecule has 0 fully saturated rings. The van der Waals surface area contributed by atoms with E-state index in [1.165, 1.54) is 7.11 Å². The molecule has 33 heavy (non-hydrogen) atoms. The summed E-state index contributed by atoms with van der Waals surface area (Å²) in [6.07, 6.45) is -0.0115. The first-order valence-electron chi connectivity index (χ1n) is 11.0. The zero-order valence-electron chi connectivity index (χ0n) is 18.9. The highest BCUT2D eigenvalue weighted by molar-refractivity contribution is 5.84. The first-order valence-corrected chi connectivity index (χ1v) is 11.0. The Hall–Kier alpha value is -3.39. The van der Waals surface area contributed by atoms with Crippen LogP contribution in [0, 0.1) is 5.92 Å². The number of methoxy groups -OCH3 is 1. The molecule has 2 unspecified atom stereocenters. The van der Waals surface area contributed by atoms with Crippen molar-refractivity contribution >= 4 is 18.0 Å². The van der Waals surface area contributed by atoms with Crippen molar-refractivity contribution in [3.05, 3.63) is 59.7 Å². The molecule has 0 saturated carbocycles.